The molecule has 0 aliphatic carbocycles. The van der Waals surface area contributed by atoms with Crippen LogP contribution in [0.15, 0.2) is 46.9 Å². The Kier molecular flexibility index (Phi) is 3.24. The molecule has 1 atom stereocenters. The minimum absolute atomic E-state index is 0.231. The lowest BCUT2D eigenvalue weighted by atomic mass is 10.0. The number of rotatable bonds is 1. The monoisotopic (exact) mass is 342 g/mol. The highest BCUT2D eigenvalue weighted by molar-refractivity contribution is 9.10. The summed E-state index contributed by atoms with van der Waals surface area (Å²) in [6, 6.07) is 11.2. The zero-order valence-corrected chi connectivity index (χ0v) is 11.8. The van der Waals surface area contributed by atoms with Gasteiger partial charge in [0.15, 0.2) is 0 Å². The van der Waals surface area contributed by atoms with Gasteiger partial charge in [0.05, 0.1) is 5.56 Å². The fourth-order valence-electron chi connectivity index (χ4n) is 2.32. The summed E-state index contributed by atoms with van der Waals surface area (Å²) >= 11 is 3.38. The molecule has 1 aliphatic heterocycles. The van der Waals surface area contributed by atoms with E-state index in [1.807, 2.05) is 24.3 Å². The van der Waals surface area contributed by atoms with Gasteiger partial charge in [0.1, 0.15) is 11.9 Å². The second-order valence-electron chi connectivity index (χ2n) is 4.69. The van der Waals surface area contributed by atoms with Crippen molar-refractivity contribution in [3.63, 3.8) is 0 Å². The summed E-state index contributed by atoms with van der Waals surface area (Å²) in [6.45, 7) is 0. The maximum absolute atomic E-state index is 12.7. The van der Waals surface area contributed by atoms with E-state index in [0.29, 0.717) is 17.7 Å². The Morgan fingerprint density at radius 1 is 1.10 bits per heavy atom. The molecule has 0 bridgehead atoms. The first kappa shape index (κ1) is 13.5. The quantitative estimate of drug-likeness (QED) is 0.696. The molecule has 0 N–H and O–H groups in total. The lowest BCUT2D eigenvalue weighted by Crippen LogP contribution is -2.04. The van der Waals surface area contributed by atoms with Crippen LogP contribution in [0.4, 0.5) is 13.2 Å². The third kappa shape index (κ3) is 2.54. The van der Waals surface area contributed by atoms with Crippen molar-refractivity contribution in [2.75, 3.05) is 0 Å². The molecule has 0 radical (unpaired) electrons. The minimum atomic E-state index is -4.32. The van der Waals surface area contributed by atoms with Crippen LogP contribution in [-0.4, -0.2) is 0 Å². The molecule has 1 heterocycles. The van der Waals surface area contributed by atoms with Crippen molar-refractivity contribution in [1.29, 1.82) is 0 Å². The van der Waals surface area contributed by atoms with Crippen LogP contribution in [0.1, 0.15) is 22.8 Å². The second-order valence-corrected chi connectivity index (χ2v) is 5.60. The van der Waals surface area contributed by atoms with Crippen molar-refractivity contribution in [3.05, 3.63) is 63.6 Å². The first-order valence-corrected chi connectivity index (χ1v) is 6.85. The number of benzene rings is 2. The van der Waals surface area contributed by atoms with E-state index in [4.69, 9.17) is 4.74 Å². The van der Waals surface area contributed by atoms with E-state index in [1.54, 1.807) is 0 Å². The van der Waals surface area contributed by atoms with Gasteiger partial charge in [0, 0.05) is 10.9 Å². The Bertz CT molecular complexity index is 652. The van der Waals surface area contributed by atoms with Crippen molar-refractivity contribution < 1.29 is 17.9 Å². The average molecular weight is 343 g/mol. The summed E-state index contributed by atoms with van der Waals surface area (Å²) in [7, 11) is 0. The van der Waals surface area contributed by atoms with Gasteiger partial charge in [-0.2, -0.15) is 13.2 Å². The molecule has 20 heavy (non-hydrogen) atoms. The van der Waals surface area contributed by atoms with E-state index in [-0.39, 0.29) is 6.10 Å². The smallest absolute Gasteiger partial charge is 0.416 e. The molecule has 0 aromatic heterocycles. The summed E-state index contributed by atoms with van der Waals surface area (Å²) in [5.41, 5.74) is 0.920. The van der Waals surface area contributed by atoms with Crippen molar-refractivity contribution in [3.8, 4) is 5.75 Å². The molecule has 104 valence electrons. The summed E-state index contributed by atoms with van der Waals surface area (Å²) in [5, 5.41) is 0. The van der Waals surface area contributed by atoms with Gasteiger partial charge in [-0.15, -0.1) is 0 Å². The zero-order valence-electron chi connectivity index (χ0n) is 10.2. The van der Waals surface area contributed by atoms with Gasteiger partial charge in [-0.3, -0.25) is 0 Å². The highest BCUT2D eigenvalue weighted by Gasteiger charge is 2.33. The average Bonchev–Trinajstić information content (AvgIpc) is 2.80. The van der Waals surface area contributed by atoms with Crippen LogP contribution in [0.3, 0.4) is 0 Å². The summed E-state index contributed by atoms with van der Waals surface area (Å²) < 4.78 is 44.7. The molecular weight excluding hydrogens is 333 g/mol. The normalized spacial score (nSPS) is 17.7. The van der Waals surface area contributed by atoms with E-state index < -0.39 is 11.7 Å². The predicted molar refractivity (Wildman–Crippen MR) is 72.7 cm³/mol. The van der Waals surface area contributed by atoms with E-state index in [0.717, 1.165) is 16.1 Å². The molecule has 1 aliphatic rings. The lowest BCUT2D eigenvalue weighted by Gasteiger charge is -2.11. The van der Waals surface area contributed by atoms with E-state index in [1.165, 1.54) is 12.1 Å². The second kappa shape index (κ2) is 4.81. The van der Waals surface area contributed by atoms with Gasteiger partial charge in [-0.25, -0.2) is 0 Å². The zero-order chi connectivity index (χ0) is 14.3. The molecule has 0 amide bonds. The van der Waals surface area contributed by atoms with Crippen molar-refractivity contribution in [1.82, 2.24) is 0 Å². The van der Waals surface area contributed by atoms with E-state index >= 15 is 0 Å². The van der Waals surface area contributed by atoms with Gasteiger partial charge in [0.2, 0.25) is 0 Å². The first-order chi connectivity index (χ1) is 9.43. The summed E-state index contributed by atoms with van der Waals surface area (Å²) in [6.07, 6.45) is -4.09. The van der Waals surface area contributed by atoms with Crippen molar-refractivity contribution >= 4 is 15.9 Å². The van der Waals surface area contributed by atoms with E-state index in [2.05, 4.69) is 15.9 Å². The summed E-state index contributed by atoms with van der Waals surface area (Å²) in [4.78, 5) is 0. The highest BCUT2D eigenvalue weighted by Crippen LogP contribution is 2.40. The third-order valence-corrected chi connectivity index (χ3v) is 3.78. The molecule has 3 rings (SSSR count). The third-order valence-electron chi connectivity index (χ3n) is 3.28. The van der Waals surface area contributed by atoms with Crippen LogP contribution in [0.25, 0.3) is 0 Å². The molecule has 1 nitrogen and oxygen atoms in total. The Hall–Kier alpha value is -1.49. The number of hydrogen-bond donors (Lipinski definition) is 0. The molecule has 0 saturated carbocycles. The molecule has 5 heteroatoms. The van der Waals surface area contributed by atoms with Crippen LogP contribution < -0.4 is 4.74 Å². The number of alkyl halides is 3. The maximum Gasteiger partial charge on any atom is 0.416 e. The Balaban J connectivity index is 1.89. The standard InChI is InChI=1S/C15H10BrF3O/c16-12-3-1-2-9(7-12)14-8-10-6-11(15(17,18)19)4-5-13(10)20-14/h1-7,14H,8H2. The fourth-order valence-corrected chi connectivity index (χ4v) is 2.73. The number of ether oxygens (including phenoxy) is 1. The molecule has 0 fully saturated rings. The molecule has 1 unspecified atom stereocenters. The number of hydrogen-bond acceptors (Lipinski definition) is 1. The lowest BCUT2D eigenvalue weighted by molar-refractivity contribution is -0.137. The summed E-state index contributed by atoms with van der Waals surface area (Å²) in [5.74, 6) is 0.531. The van der Waals surface area contributed by atoms with Gasteiger partial charge >= 0.3 is 6.18 Å². The largest absolute Gasteiger partial charge is 0.485 e. The van der Waals surface area contributed by atoms with Gasteiger partial charge in [-0.05, 0) is 41.5 Å². The van der Waals surface area contributed by atoms with E-state index in [9.17, 15) is 13.2 Å². The maximum atomic E-state index is 12.7. The number of fused-ring (bicyclic) bond motifs is 1. The minimum Gasteiger partial charge on any atom is -0.485 e. The van der Waals surface area contributed by atoms with Crippen LogP contribution in [0.2, 0.25) is 0 Å². The first-order valence-electron chi connectivity index (χ1n) is 6.06. The van der Waals surface area contributed by atoms with Gasteiger partial charge < -0.3 is 4.74 Å². The Morgan fingerprint density at radius 2 is 1.90 bits per heavy atom. The topological polar surface area (TPSA) is 9.23 Å². The Labute approximate surface area is 122 Å². The fraction of sp³-hybridized carbons (Fsp3) is 0.200. The molecule has 2 aromatic carbocycles. The van der Waals surface area contributed by atoms with Crippen molar-refractivity contribution in [2.45, 2.75) is 18.7 Å². The van der Waals surface area contributed by atoms with Crippen LogP contribution >= 0.6 is 15.9 Å². The molecule has 0 spiro atoms. The molecule has 2 aromatic rings. The molecule has 0 saturated heterocycles. The SMILES string of the molecule is FC(F)(F)c1ccc2c(c1)CC(c1cccc(Br)c1)O2. The predicted octanol–water partition coefficient (Wildman–Crippen LogP) is 5.14. The molecular formula is C15H10BrF3O. The number of halogens is 4. The van der Waals surface area contributed by atoms with Gasteiger partial charge in [-0.1, -0.05) is 28.1 Å². The Morgan fingerprint density at radius 3 is 2.60 bits per heavy atom. The van der Waals surface area contributed by atoms with Crippen molar-refractivity contribution in [2.24, 2.45) is 0 Å². The van der Waals surface area contributed by atoms with Crippen LogP contribution in [0.5, 0.6) is 5.75 Å². The van der Waals surface area contributed by atoms with Crippen LogP contribution in [-0.2, 0) is 12.6 Å². The van der Waals surface area contributed by atoms with Gasteiger partial charge in [0.25, 0.3) is 0 Å². The van der Waals surface area contributed by atoms with Crippen LogP contribution in [0, 0.1) is 0 Å². The highest BCUT2D eigenvalue weighted by atomic mass is 79.9.